The number of nitrogens with one attached hydrogen (secondary N) is 1. The van der Waals surface area contributed by atoms with Crippen LogP contribution in [-0.4, -0.2) is 31.5 Å². The Kier molecular flexibility index (Phi) is 6.30. The minimum absolute atomic E-state index is 0.108. The van der Waals surface area contributed by atoms with Crippen molar-refractivity contribution in [1.82, 2.24) is 25.1 Å². The fourth-order valence-electron chi connectivity index (χ4n) is 2.94. The quantitative estimate of drug-likeness (QED) is 0.433. The second kappa shape index (κ2) is 9.28. The van der Waals surface area contributed by atoms with Crippen molar-refractivity contribution in [3.63, 3.8) is 0 Å². The third-order valence-corrected chi connectivity index (χ3v) is 5.95. The molecule has 0 unspecified atom stereocenters. The Hall–Kier alpha value is -2.90. The van der Waals surface area contributed by atoms with Crippen LogP contribution in [0.15, 0.2) is 65.8 Å². The maximum absolute atomic E-state index is 12.3. The van der Waals surface area contributed by atoms with E-state index in [-0.39, 0.29) is 11.7 Å². The van der Waals surface area contributed by atoms with Gasteiger partial charge in [-0.2, -0.15) is 9.61 Å². The largest absolute Gasteiger partial charge is 0.351 e. The number of benzene rings is 2. The Morgan fingerprint density at radius 2 is 1.87 bits per heavy atom. The van der Waals surface area contributed by atoms with Gasteiger partial charge in [-0.05, 0) is 35.7 Å². The van der Waals surface area contributed by atoms with Crippen LogP contribution in [0.2, 0.25) is 5.02 Å². The SMILES string of the molecule is CCc1ccc(-c2ccc3nnc(SCC(=O)NCc4ccccc4Cl)n3n2)cc1. The van der Waals surface area contributed by atoms with Crippen LogP contribution in [0.4, 0.5) is 0 Å². The normalized spacial score (nSPS) is 11.0. The molecule has 0 radical (unpaired) electrons. The van der Waals surface area contributed by atoms with Crippen molar-refractivity contribution >= 4 is 34.9 Å². The molecule has 0 fully saturated rings. The Balaban J connectivity index is 1.43. The highest BCUT2D eigenvalue weighted by atomic mass is 35.5. The van der Waals surface area contributed by atoms with Gasteiger partial charge in [0, 0.05) is 17.1 Å². The average Bonchev–Trinajstić information content (AvgIpc) is 3.19. The lowest BCUT2D eigenvalue weighted by atomic mass is 10.1. The van der Waals surface area contributed by atoms with Crippen LogP contribution in [0.5, 0.6) is 0 Å². The molecule has 0 aliphatic heterocycles. The molecule has 152 valence electrons. The van der Waals surface area contributed by atoms with Crippen LogP contribution < -0.4 is 5.32 Å². The monoisotopic (exact) mass is 437 g/mol. The molecule has 0 saturated carbocycles. The van der Waals surface area contributed by atoms with Gasteiger partial charge in [-0.1, -0.05) is 72.8 Å². The van der Waals surface area contributed by atoms with Crippen LogP contribution in [0.25, 0.3) is 16.9 Å². The molecule has 0 spiro atoms. The summed E-state index contributed by atoms with van der Waals surface area (Å²) < 4.78 is 1.68. The number of carbonyl (C=O) groups excluding carboxylic acids is 1. The number of hydrogen-bond donors (Lipinski definition) is 1. The highest BCUT2D eigenvalue weighted by molar-refractivity contribution is 7.99. The number of hydrogen-bond acceptors (Lipinski definition) is 5. The van der Waals surface area contributed by atoms with E-state index in [2.05, 4.69) is 51.8 Å². The lowest BCUT2D eigenvalue weighted by molar-refractivity contribution is -0.118. The summed E-state index contributed by atoms with van der Waals surface area (Å²) in [4.78, 5) is 12.3. The zero-order chi connectivity index (χ0) is 20.9. The molecule has 8 heteroatoms. The Bertz CT molecular complexity index is 1180. The number of nitrogens with zero attached hydrogens (tertiary/aromatic N) is 4. The van der Waals surface area contributed by atoms with Gasteiger partial charge in [0.15, 0.2) is 5.65 Å². The van der Waals surface area contributed by atoms with Gasteiger partial charge in [0.2, 0.25) is 11.1 Å². The van der Waals surface area contributed by atoms with Gasteiger partial charge in [-0.15, -0.1) is 10.2 Å². The molecule has 2 heterocycles. The highest BCUT2D eigenvalue weighted by Gasteiger charge is 2.12. The molecule has 6 nitrogen and oxygen atoms in total. The number of carbonyl (C=O) groups is 1. The topological polar surface area (TPSA) is 72.2 Å². The maximum atomic E-state index is 12.3. The van der Waals surface area contributed by atoms with Crippen LogP contribution in [0, 0.1) is 0 Å². The van der Waals surface area contributed by atoms with E-state index in [1.165, 1.54) is 17.3 Å². The number of fused-ring (bicyclic) bond motifs is 1. The first-order valence-electron chi connectivity index (χ1n) is 9.58. The van der Waals surface area contributed by atoms with Crippen LogP contribution in [0.1, 0.15) is 18.1 Å². The summed E-state index contributed by atoms with van der Waals surface area (Å²) in [6.45, 7) is 2.51. The van der Waals surface area contributed by atoms with Crippen molar-refractivity contribution < 1.29 is 4.79 Å². The summed E-state index contributed by atoms with van der Waals surface area (Å²) in [6.07, 6.45) is 0.998. The third kappa shape index (κ3) is 4.63. The number of aryl methyl sites for hydroxylation is 1. The van der Waals surface area contributed by atoms with E-state index in [4.69, 9.17) is 11.6 Å². The van der Waals surface area contributed by atoms with Gasteiger partial charge in [0.25, 0.3) is 0 Å². The predicted molar refractivity (Wildman–Crippen MR) is 120 cm³/mol. The molecule has 0 saturated heterocycles. The average molecular weight is 438 g/mol. The first kappa shape index (κ1) is 20.4. The minimum atomic E-state index is -0.108. The molecule has 1 amide bonds. The van der Waals surface area contributed by atoms with Crippen LogP contribution in [-0.2, 0) is 17.8 Å². The molecule has 30 heavy (non-hydrogen) atoms. The van der Waals surface area contributed by atoms with E-state index < -0.39 is 0 Å². The molecule has 4 rings (SSSR count). The van der Waals surface area contributed by atoms with Gasteiger partial charge < -0.3 is 5.32 Å². The van der Waals surface area contributed by atoms with E-state index in [9.17, 15) is 4.79 Å². The number of halogens is 1. The van der Waals surface area contributed by atoms with E-state index in [0.29, 0.717) is 22.4 Å². The summed E-state index contributed by atoms with van der Waals surface area (Å²) in [5.41, 5.74) is 4.66. The molecule has 4 aromatic rings. The van der Waals surface area contributed by atoms with Crippen molar-refractivity contribution in [2.75, 3.05) is 5.75 Å². The summed E-state index contributed by atoms with van der Waals surface area (Å²) in [5.74, 6) is 0.102. The number of rotatable bonds is 7. The zero-order valence-electron chi connectivity index (χ0n) is 16.4. The fourth-order valence-corrected chi connectivity index (χ4v) is 3.86. The van der Waals surface area contributed by atoms with Gasteiger partial charge in [0.1, 0.15) is 0 Å². The van der Waals surface area contributed by atoms with E-state index in [1.54, 1.807) is 10.6 Å². The second-order valence-electron chi connectivity index (χ2n) is 6.68. The summed E-state index contributed by atoms with van der Waals surface area (Å²) >= 11 is 7.42. The van der Waals surface area contributed by atoms with Crippen LogP contribution in [0.3, 0.4) is 0 Å². The van der Waals surface area contributed by atoms with Crippen molar-refractivity contribution in [2.45, 2.75) is 25.0 Å². The molecule has 0 bridgehead atoms. The van der Waals surface area contributed by atoms with Crippen molar-refractivity contribution in [3.05, 3.63) is 76.8 Å². The summed E-state index contributed by atoms with van der Waals surface area (Å²) in [6, 6.07) is 19.6. The van der Waals surface area contributed by atoms with Gasteiger partial charge in [-0.25, -0.2) is 0 Å². The molecule has 0 aliphatic carbocycles. The number of aromatic nitrogens is 4. The van der Waals surface area contributed by atoms with E-state index in [0.717, 1.165) is 23.2 Å². The molecule has 2 aromatic heterocycles. The van der Waals surface area contributed by atoms with Gasteiger partial charge in [0.05, 0.1) is 11.4 Å². The molecule has 2 aromatic carbocycles. The molecule has 1 N–H and O–H groups in total. The summed E-state index contributed by atoms with van der Waals surface area (Å²) in [5, 5.41) is 17.1. The van der Waals surface area contributed by atoms with E-state index in [1.807, 2.05) is 30.3 Å². The lowest BCUT2D eigenvalue weighted by Crippen LogP contribution is -2.24. The predicted octanol–water partition coefficient (Wildman–Crippen LogP) is 4.42. The first-order chi connectivity index (χ1) is 14.6. The number of amides is 1. The van der Waals surface area contributed by atoms with Crippen molar-refractivity contribution in [3.8, 4) is 11.3 Å². The second-order valence-corrected chi connectivity index (χ2v) is 8.03. The Morgan fingerprint density at radius 1 is 1.07 bits per heavy atom. The third-order valence-electron chi connectivity index (χ3n) is 4.66. The van der Waals surface area contributed by atoms with Crippen molar-refractivity contribution in [2.24, 2.45) is 0 Å². The van der Waals surface area contributed by atoms with Crippen molar-refractivity contribution in [1.29, 1.82) is 0 Å². The standard InChI is InChI=1S/C22H20ClN5OS/c1-2-15-7-9-16(10-8-15)19-11-12-20-25-26-22(28(20)27-19)30-14-21(29)24-13-17-5-3-4-6-18(17)23/h3-12H,2,13-14H2,1H3,(H,24,29). The summed E-state index contributed by atoms with van der Waals surface area (Å²) in [7, 11) is 0. The van der Waals surface area contributed by atoms with E-state index >= 15 is 0 Å². The van der Waals surface area contributed by atoms with Gasteiger partial charge in [-0.3, -0.25) is 4.79 Å². The first-order valence-corrected chi connectivity index (χ1v) is 10.9. The molecular weight excluding hydrogens is 418 g/mol. The molecule has 0 aliphatic rings. The number of thioether (sulfide) groups is 1. The fraction of sp³-hybridized carbons (Fsp3) is 0.182. The molecule has 0 atom stereocenters. The minimum Gasteiger partial charge on any atom is -0.351 e. The Morgan fingerprint density at radius 3 is 2.63 bits per heavy atom. The van der Waals surface area contributed by atoms with Crippen LogP contribution >= 0.6 is 23.4 Å². The maximum Gasteiger partial charge on any atom is 0.230 e. The Labute approximate surface area is 183 Å². The highest BCUT2D eigenvalue weighted by Crippen LogP contribution is 2.21. The smallest absolute Gasteiger partial charge is 0.230 e. The lowest BCUT2D eigenvalue weighted by Gasteiger charge is -2.06. The zero-order valence-corrected chi connectivity index (χ0v) is 18.0. The molecular formula is C22H20ClN5OS. The van der Waals surface area contributed by atoms with Gasteiger partial charge >= 0.3 is 0 Å².